The number of nitrogens with two attached hydrogens (primary N) is 1. The Hall–Kier alpha value is -3.47. The summed E-state index contributed by atoms with van der Waals surface area (Å²) in [4.78, 5) is 15.1. The topological polar surface area (TPSA) is 105 Å². The van der Waals surface area contributed by atoms with Gasteiger partial charge >= 0.3 is 0 Å². The van der Waals surface area contributed by atoms with Crippen LogP contribution in [0.1, 0.15) is 21.7 Å². The second-order valence-electron chi connectivity index (χ2n) is 5.09. The first-order chi connectivity index (χ1) is 11.4. The van der Waals surface area contributed by atoms with E-state index >= 15 is 0 Å². The van der Waals surface area contributed by atoms with Crippen LogP contribution >= 0.6 is 0 Å². The van der Waals surface area contributed by atoms with Gasteiger partial charge in [0.2, 0.25) is 0 Å². The Morgan fingerprint density at radius 1 is 1.33 bits per heavy atom. The molecular formula is C16H10F2N4O2. The molecule has 6 nitrogen and oxygen atoms in total. The first-order valence-electron chi connectivity index (χ1n) is 6.78. The summed E-state index contributed by atoms with van der Waals surface area (Å²) in [6, 6.07) is 6.77. The number of nitrogens with zero attached hydrogens (tertiary/aromatic N) is 3. The summed E-state index contributed by atoms with van der Waals surface area (Å²) in [5, 5.41) is 19.6. The van der Waals surface area contributed by atoms with Gasteiger partial charge in [0.25, 0.3) is 5.91 Å². The number of primary amides is 1. The molecule has 1 aromatic carbocycles. The van der Waals surface area contributed by atoms with E-state index < -0.39 is 29.0 Å². The number of amides is 1. The van der Waals surface area contributed by atoms with Gasteiger partial charge in [-0.3, -0.25) is 4.79 Å². The highest BCUT2D eigenvalue weighted by Gasteiger charge is 2.20. The van der Waals surface area contributed by atoms with Crippen LogP contribution in [0.5, 0.6) is 5.75 Å². The number of pyridine rings is 1. The first-order valence-corrected chi connectivity index (χ1v) is 6.78. The Balaban J connectivity index is 2.16. The third kappa shape index (κ3) is 2.42. The van der Waals surface area contributed by atoms with Gasteiger partial charge in [0.1, 0.15) is 6.07 Å². The maximum Gasteiger partial charge on any atom is 0.271 e. The molecule has 2 heterocycles. The molecule has 0 aliphatic rings. The predicted molar refractivity (Wildman–Crippen MR) is 80.1 cm³/mol. The van der Waals surface area contributed by atoms with E-state index in [1.54, 1.807) is 6.20 Å². The molecule has 0 aliphatic heterocycles. The molecule has 0 radical (unpaired) electrons. The molecule has 0 spiro atoms. The summed E-state index contributed by atoms with van der Waals surface area (Å²) in [6.45, 7) is 0.117. The fourth-order valence-electron chi connectivity index (χ4n) is 2.49. The van der Waals surface area contributed by atoms with Crippen molar-refractivity contribution in [2.45, 2.75) is 6.54 Å². The van der Waals surface area contributed by atoms with Gasteiger partial charge in [0.05, 0.1) is 5.52 Å². The fraction of sp³-hybridized carbons (Fsp3) is 0.0625. The standard InChI is InChI=1S/C16H10F2N4O2/c17-10-2-1-8(5-11(10)18)7-22-4-3-9-14(22)12(6-19)21-13(15(9)23)16(20)24/h1-5,23H,7H2,(H2,20,24). The van der Waals surface area contributed by atoms with E-state index in [9.17, 15) is 23.9 Å². The van der Waals surface area contributed by atoms with Crippen molar-refractivity contribution in [3.63, 3.8) is 0 Å². The van der Waals surface area contributed by atoms with E-state index in [0.29, 0.717) is 5.56 Å². The maximum atomic E-state index is 13.3. The number of rotatable bonds is 3. The number of aromatic hydroxyl groups is 1. The van der Waals surface area contributed by atoms with Gasteiger partial charge in [-0.2, -0.15) is 5.26 Å². The van der Waals surface area contributed by atoms with Crippen molar-refractivity contribution in [2.75, 3.05) is 0 Å². The number of nitriles is 1. The number of hydrogen-bond acceptors (Lipinski definition) is 4. The number of aromatic nitrogens is 2. The van der Waals surface area contributed by atoms with Crippen LogP contribution in [0.25, 0.3) is 10.9 Å². The van der Waals surface area contributed by atoms with E-state index in [2.05, 4.69) is 4.98 Å². The molecule has 8 heteroatoms. The molecule has 0 fully saturated rings. The molecule has 0 unspecified atom stereocenters. The highest BCUT2D eigenvalue weighted by atomic mass is 19.2. The van der Waals surface area contributed by atoms with Gasteiger partial charge in [0, 0.05) is 18.1 Å². The van der Waals surface area contributed by atoms with Crippen molar-refractivity contribution in [2.24, 2.45) is 5.73 Å². The summed E-state index contributed by atoms with van der Waals surface area (Å²) in [5.41, 5.74) is 5.35. The van der Waals surface area contributed by atoms with Gasteiger partial charge in [-0.1, -0.05) is 6.07 Å². The molecular weight excluding hydrogens is 318 g/mol. The number of hydrogen-bond donors (Lipinski definition) is 2. The Morgan fingerprint density at radius 2 is 2.08 bits per heavy atom. The van der Waals surface area contributed by atoms with Crippen LogP contribution in [-0.4, -0.2) is 20.6 Å². The van der Waals surface area contributed by atoms with Gasteiger partial charge in [-0.05, 0) is 23.8 Å². The van der Waals surface area contributed by atoms with E-state index in [1.165, 1.54) is 16.7 Å². The fourth-order valence-corrected chi connectivity index (χ4v) is 2.49. The lowest BCUT2D eigenvalue weighted by atomic mass is 10.1. The SMILES string of the molecule is N#Cc1nc(C(N)=O)c(O)c2ccn(Cc3ccc(F)c(F)c3)c12. The summed E-state index contributed by atoms with van der Waals surface area (Å²) < 4.78 is 27.9. The zero-order valence-corrected chi connectivity index (χ0v) is 12.1. The van der Waals surface area contributed by atoms with Gasteiger partial charge in [0.15, 0.2) is 28.8 Å². The Labute approximate surface area is 134 Å². The second-order valence-corrected chi connectivity index (χ2v) is 5.09. The summed E-state index contributed by atoms with van der Waals surface area (Å²) in [7, 11) is 0. The van der Waals surface area contributed by atoms with Crippen LogP contribution in [0.15, 0.2) is 30.5 Å². The molecule has 120 valence electrons. The quantitative estimate of drug-likeness (QED) is 0.767. The monoisotopic (exact) mass is 328 g/mol. The second kappa shape index (κ2) is 5.62. The number of benzene rings is 1. The third-order valence-electron chi connectivity index (χ3n) is 3.57. The normalized spacial score (nSPS) is 10.7. The third-order valence-corrected chi connectivity index (χ3v) is 3.57. The summed E-state index contributed by atoms with van der Waals surface area (Å²) >= 11 is 0. The Morgan fingerprint density at radius 3 is 2.71 bits per heavy atom. The van der Waals surface area contributed by atoms with E-state index in [-0.39, 0.29) is 23.1 Å². The molecule has 1 amide bonds. The molecule has 0 aliphatic carbocycles. The average molecular weight is 328 g/mol. The van der Waals surface area contributed by atoms with Crippen LogP contribution in [0.2, 0.25) is 0 Å². The predicted octanol–water partition coefficient (Wildman–Crippen LogP) is 2.04. The van der Waals surface area contributed by atoms with Crippen molar-refractivity contribution in [1.82, 2.24) is 9.55 Å². The lowest BCUT2D eigenvalue weighted by molar-refractivity contribution is 0.0993. The van der Waals surface area contributed by atoms with Crippen molar-refractivity contribution in [3.8, 4) is 11.8 Å². The molecule has 0 atom stereocenters. The molecule has 0 saturated heterocycles. The molecule has 3 rings (SSSR count). The van der Waals surface area contributed by atoms with Crippen molar-refractivity contribution in [3.05, 3.63) is 59.0 Å². The smallest absolute Gasteiger partial charge is 0.271 e. The van der Waals surface area contributed by atoms with Crippen LogP contribution in [0, 0.1) is 23.0 Å². The zero-order valence-electron chi connectivity index (χ0n) is 12.1. The minimum absolute atomic E-state index is 0.107. The van der Waals surface area contributed by atoms with E-state index in [1.807, 2.05) is 6.07 Å². The number of fused-ring (bicyclic) bond motifs is 1. The molecule has 3 N–H and O–H groups in total. The number of halogens is 2. The van der Waals surface area contributed by atoms with Crippen LogP contribution in [0.3, 0.4) is 0 Å². The highest BCUT2D eigenvalue weighted by molar-refractivity contribution is 6.01. The van der Waals surface area contributed by atoms with Crippen LogP contribution in [0.4, 0.5) is 8.78 Å². The minimum Gasteiger partial charge on any atom is -0.505 e. The minimum atomic E-state index is -0.985. The molecule has 0 bridgehead atoms. The number of carbonyl (C=O) groups is 1. The van der Waals surface area contributed by atoms with Crippen molar-refractivity contribution >= 4 is 16.8 Å². The van der Waals surface area contributed by atoms with Crippen LogP contribution in [-0.2, 0) is 6.54 Å². The molecule has 3 aromatic rings. The largest absolute Gasteiger partial charge is 0.505 e. The van der Waals surface area contributed by atoms with Crippen LogP contribution < -0.4 is 5.73 Å². The van der Waals surface area contributed by atoms with Gasteiger partial charge in [-0.25, -0.2) is 13.8 Å². The van der Waals surface area contributed by atoms with Gasteiger partial charge in [-0.15, -0.1) is 0 Å². The lowest BCUT2D eigenvalue weighted by Gasteiger charge is -2.09. The Kier molecular flexibility index (Phi) is 3.62. The summed E-state index contributed by atoms with van der Waals surface area (Å²) in [5.74, 6) is -3.33. The average Bonchev–Trinajstić information content (AvgIpc) is 2.96. The van der Waals surface area contributed by atoms with Gasteiger partial charge < -0.3 is 15.4 Å². The Bertz CT molecular complexity index is 1020. The highest BCUT2D eigenvalue weighted by Crippen LogP contribution is 2.30. The first kappa shape index (κ1) is 15.4. The lowest BCUT2D eigenvalue weighted by Crippen LogP contribution is -2.14. The van der Waals surface area contributed by atoms with Crippen molar-refractivity contribution < 1.29 is 18.7 Å². The van der Waals surface area contributed by atoms with Crippen molar-refractivity contribution in [1.29, 1.82) is 5.26 Å². The molecule has 24 heavy (non-hydrogen) atoms. The maximum absolute atomic E-state index is 13.3. The zero-order chi connectivity index (χ0) is 17.4. The molecule has 2 aromatic heterocycles. The molecule has 0 saturated carbocycles. The summed E-state index contributed by atoms with van der Waals surface area (Å²) in [6.07, 6.45) is 1.54. The van der Waals surface area contributed by atoms with E-state index in [0.717, 1.165) is 12.1 Å². The van der Waals surface area contributed by atoms with E-state index in [4.69, 9.17) is 5.73 Å². The number of carbonyl (C=O) groups excluding carboxylic acids is 1.